The summed E-state index contributed by atoms with van der Waals surface area (Å²) in [6.07, 6.45) is 5.04. The number of carbonyl (C=O) groups is 1. The molecule has 102 valence electrons. The minimum atomic E-state index is -0.441. The molecule has 1 aromatic carbocycles. The van der Waals surface area contributed by atoms with Crippen LogP contribution in [0, 0.1) is 0 Å². The first kappa shape index (κ1) is 13.6. The molecule has 4 N–H and O–H groups in total. The summed E-state index contributed by atoms with van der Waals surface area (Å²) in [6, 6.07) is 9.62. The van der Waals surface area contributed by atoms with Crippen LogP contribution in [0.3, 0.4) is 0 Å². The van der Waals surface area contributed by atoms with Crippen LogP contribution < -0.4 is 11.5 Å². The maximum atomic E-state index is 11.6. The lowest BCUT2D eigenvalue weighted by Gasteiger charge is -2.00. The molecule has 0 saturated carbocycles. The molecule has 2 rings (SSSR count). The van der Waals surface area contributed by atoms with E-state index >= 15 is 0 Å². The summed E-state index contributed by atoms with van der Waals surface area (Å²) in [6.45, 7) is 1.67. The number of nitrogens with two attached hydrogens (primary N) is 2. The molecule has 0 saturated heterocycles. The van der Waals surface area contributed by atoms with Gasteiger partial charge in [-0.05, 0) is 30.2 Å². The van der Waals surface area contributed by atoms with E-state index in [-0.39, 0.29) is 5.96 Å². The van der Waals surface area contributed by atoms with E-state index in [2.05, 4.69) is 4.99 Å². The van der Waals surface area contributed by atoms with Gasteiger partial charge in [0, 0.05) is 11.1 Å². The van der Waals surface area contributed by atoms with Gasteiger partial charge in [-0.15, -0.1) is 0 Å². The Kier molecular flexibility index (Phi) is 4.00. The molecule has 5 nitrogen and oxygen atoms in total. The molecular formula is C15H15N3O2. The van der Waals surface area contributed by atoms with Crippen molar-refractivity contribution in [2.45, 2.75) is 6.92 Å². The lowest BCUT2D eigenvalue weighted by molar-refractivity contribution is -0.114. The van der Waals surface area contributed by atoms with Crippen molar-refractivity contribution in [2.75, 3.05) is 0 Å². The molecule has 1 aromatic heterocycles. The monoisotopic (exact) mass is 269 g/mol. The summed E-state index contributed by atoms with van der Waals surface area (Å²) in [5.74, 6) is -0.679. The Bertz CT molecular complexity index is 649. The molecule has 1 amide bonds. The quantitative estimate of drug-likeness (QED) is 0.507. The van der Waals surface area contributed by atoms with Crippen molar-refractivity contribution in [3.05, 3.63) is 54.0 Å². The van der Waals surface area contributed by atoms with Gasteiger partial charge in [-0.3, -0.25) is 4.79 Å². The van der Waals surface area contributed by atoms with Crippen molar-refractivity contribution in [1.82, 2.24) is 0 Å². The SMILES string of the molecule is C/C(=C\c1ccc(-c2ccoc2)cc1)C(=O)N=C(N)N. The maximum Gasteiger partial charge on any atom is 0.275 e. The Morgan fingerprint density at radius 3 is 2.40 bits per heavy atom. The first-order chi connectivity index (χ1) is 9.56. The first-order valence-corrected chi connectivity index (χ1v) is 6.01. The van der Waals surface area contributed by atoms with E-state index in [0.29, 0.717) is 5.57 Å². The Balaban J connectivity index is 2.18. The fourth-order valence-corrected chi connectivity index (χ4v) is 1.72. The average molecular weight is 269 g/mol. The van der Waals surface area contributed by atoms with E-state index in [9.17, 15) is 4.79 Å². The molecule has 0 fully saturated rings. The third-order valence-corrected chi connectivity index (χ3v) is 2.72. The summed E-state index contributed by atoms with van der Waals surface area (Å²) >= 11 is 0. The van der Waals surface area contributed by atoms with Crippen LogP contribution in [0.15, 0.2) is 57.8 Å². The van der Waals surface area contributed by atoms with Crippen molar-refractivity contribution in [3.63, 3.8) is 0 Å². The Morgan fingerprint density at radius 2 is 1.85 bits per heavy atom. The molecule has 0 aliphatic rings. The molecule has 2 aromatic rings. The zero-order chi connectivity index (χ0) is 14.5. The van der Waals surface area contributed by atoms with Crippen LogP contribution in [-0.4, -0.2) is 11.9 Å². The van der Waals surface area contributed by atoms with Gasteiger partial charge in [0.2, 0.25) is 0 Å². The zero-order valence-corrected chi connectivity index (χ0v) is 11.0. The third kappa shape index (κ3) is 3.35. The number of carbonyl (C=O) groups excluding carboxylic acids is 1. The van der Waals surface area contributed by atoms with Gasteiger partial charge in [-0.2, -0.15) is 4.99 Å². The summed E-state index contributed by atoms with van der Waals surface area (Å²) in [5.41, 5.74) is 13.8. The highest BCUT2D eigenvalue weighted by Crippen LogP contribution is 2.20. The number of hydrogen-bond donors (Lipinski definition) is 2. The number of hydrogen-bond acceptors (Lipinski definition) is 2. The third-order valence-electron chi connectivity index (χ3n) is 2.72. The Labute approximate surface area is 116 Å². The van der Waals surface area contributed by atoms with Crippen LogP contribution in [0.4, 0.5) is 0 Å². The highest BCUT2D eigenvalue weighted by atomic mass is 16.3. The van der Waals surface area contributed by atoms with Gasteiger partial charge in [-0.1, -0.05) is 24.3 Å². The standard InChI is InChI=1S/C15H15N3O2/c1-10(14(19)18-15(16)17)8-11-2-4-12(5-3-11)13-6-7-20-9-13/h2-9H,1H3,(H4,16,17,18,19)/b10-8+. The van der Waals surface area contributed by atoms with E-state index in [1.807, 2.05) is 30.3 Å². The second-order valence-corrected chi connectivity index (χ2v) is 4.30. The number of furan rings is 1. The second kappa shape index (κ2) is 5.88. The number of rotatable bonds is 3. The predicted octanol–water partition coefficient (Wildman–Crippen LogP) is 2.15. The number of amides is 1. The van der Waals surface area contributed by atoms with Crippen LogP contribution in [0.5, 0.6) is 0 Å². The molecule has 0 bridgehead atoms. The number of benzene rings is 1. The van der Waals surface area contributed by atoms with Crippen molar-refractivity contribution < 1.29 is 9.21 Å². The van der Waals surface area contributed by atoms with Gasteiger partial charge >= 0.3 is 0 Å². The van der Waals surface area contributed by atoms with Gasteiger partial charge < -0.3 is 15.9 Å². The lowest BCUT2D eigenvalue weighted by atomic mass is 10.1. The van der Waals surface area contributed by atoms with E-state index in [1.54, 1.807) is 25.5 Å². The summed E-state index contributed by atoms with van der Waals surface area (Å²) in [4.78, 5) is 15.1. The van der Waals surface area contributed by atoms with Crippen LogP contribution in [0.25, 0.3) is 17.2 Å². The van der Waals surface area contributed by atoms with E-state index in [4.69, 9.17) is 15.9 Å². The molecule has 1 heterocycles. The molecule has 0 unspecified atom stereocenters. The van der Waals surface area contributed by atoms with Crippen molar-refractivity contribution in [3.8, 4) is 11.1 Å². The second-order valence-electron chi connectivity index (χ2n) is 4.30. The molecule has 0 spiro atoms. The highest BCUT2D eigenvalue weighted by molar-refractivity contribution is 6.03. The smallest absolute Gasteiger partial charge is 0.275 e. The molecule has 5 heteroatoms. The largest absolute Gasteiger partial charge is 0.472 e. The molecule has 0 aliphatic heterocycles. The van der Waals surface area contributed by atoms with Gasteiger partial charge in [0.1, 0.15) is 0 Å². The van der Waals surface area contributed by atoms with E-state index in [1.165, 1.54) is 0 Å². The van der Waals surface area contributed by atoms with Gasteiger partial charge in [-0.25, -0.2) is 0 Å². The normalized spacial score (nSPS) is 11.2. The van der Waals surface area contributed by atoms with Gasteiger partial charge in [0.15, 0.2) is 5.96 Å². The number of aliphatic imine (C=N–C) groups is 1. The minimum absolute atomic E-state index is 0.238. The average Bonchev–Trinajstić information content (AvgIpc) is 2.92. The molecule has 0 aliphatic carbocycles. The summed E-state index contributed by atoms with van der Waals surface area (Å²) in [7, 11) is 0. The van der Waals surface area contributed by atoms with Gasteiger partial charge in [0.05, 0.1) is 12.5 Å². The summed E-state index contributed by atoms with van der Waals surface area (Å²) < 4.78 is 5.04. The molecule has 0 radical (unpaired) electrons. The zero-order valence-electron chi connectivity index (χ0n) is 11.0. The lowest BCUT2D eigenvalue weighted by Crippen LogP contribution is -2.24. The summed E-state index contributed by atoms with van der Waals surface area (Å²) in [5, 5.41) is 0. The van der Waals surface area contributed by atoms with Crippen molar-refractivity contribution in [2.24, 2.45) is 16.5 Å². The van der Waals surface area contributed by atoms with E-state index in [0.717, 1.165) is 16.7 Å². The van der Waals surface area contributed by atoms with Crippen LogP contribution in [-0.2, 0) is 4.79 Å². The Hall–Kier alpha value is -2.82. The highest BCUT2D eigenvalue weighted by Gasteiger charge is 2.03. The fraction of sp³-hybridized carbons (Fsp3) is 0.0667. The topological polar surface area (TPSA) is 94.6 Å². The first-order valence-electron chi connectivity index (χ1n) is 6.01. The van der Waals surface area contributed by atoms with Gasteiger partial charge in [0.25, 0.3) is 5.91 Å². The predicted molar refractivity (Wildman–Crippen MR) is 78.6 cm³/mol. The number of nitrogens with zero attached hydrogens (tertiary/aromatic N) is 1. The van der Waals surface area contributed by atoms with Crippen molar-refractivity contribution in [1.29, 1.82) is 0 Å². The fourth-order valence-electron chi connectivity index (χ4n) is 1.72. The molecule has 20 heavy (non-hydrogen) atoms. The molecule has 0 atom stereocenters. The van der Waals surface area contributed by atoms with Crippen LogP contribution >= 0.6 is 0 Å². The van der Waals surface area contributed by atoms with E-state index < -0.39 is 5.91 Å². The minimum Gasteiger partial charge on any atom is -0.472 e. The maximum absolute atomic E-state index is 11.6. The van der Waals surface area contributed by atoms with Crippen LogP contribution in [0.2, 0.25) is 0 Å². The molecular weight excluding hydrogens is 254 g/mol. The van der Waals surface area contributed by atoms with Crippen molar-refractivity contribution >= 4 is 17.9 Å². The Morgan fingerprint density at radius 1 is 1.15 bits per heavy atom. The van der Waals surface area contributed by atoms with Crippen LogP contribution in [0.1, 0.15) is 12.5 Å². The number of guanidine groups is 1.